The molecule has 9 heteroatoms. The molecule has 1 aliphatic rings. The highest BCUT2D eigenvalue weighted by molar-refractivity contribution is 7.15. The van der Waals surface area contributed by atoms with Crippen LogP contribution in [0.5, 0.6) is 0 Å². The second-order valence-corrected chi connectivity index (χ2v) is 7.28. The summed E-state index contributed by atoms with van der Waals surface area (Å²) in [5, 5.41) is 14.3. The third-order valence-electron chi connectivity index (χ3n) is 4.18. The minimum absolute atomic E-state index is 0.228. The van der Waals surface area contributed by atoms with Crippen LogP contribution in [0, 0.1) is 6.92 Å². The third-order valence-corrected chi connectivity index (χ3v) is 4.93. The van der Waals surface area contributed by atoms with E-state index in [0.717, 1.165) is 23.8 Å². The first-order valence-corrected chi connectivity index (χ1v) is 9.31. The molecule has 0 saturated carbocycles. The maximum Gasteiger partial charge on any atom is 0.318 e. The van der Waals surface area contributed by atoms with Crippen molar-refractivity contribution >= 4 is 34.1 Å². The van der Waals surface area contributed by atoms with Crippen LogP contribution in [0.25, 0.3) is 0 Å². The van der Waals surface area contributed by atoms with E-state index in [-0.39, 0.29) is 11.9 Å². The number of hydrogen-bond acceptors (Lipinski definition) is 6. The summed E-state index contributed by atoms with van der Waals surface area (Å²) in [6, 6.07) is 9.26. The summed E-state index contributed by atoms with van der Waals surface area (Å²) in [7, 11) is 0. The van der Waals surface area contributed by atoms with Crippen LogP contribution in [-0.2, 0) is 4.79 Å². The topological polar surface area (TPSA) is 90.5 Å². The molecule has 3 rings (SSSR count). The number of anilines is 2. The van der Waals surface area contributed by atoms with E-state index in [4.69, 9.17) is 0 Å². The lowest BCUT2D eigenvalue weighted by molar-refractivity contribution is -0.117. The maximum atomic E-state index is 12.4. The average Bonchev–Trinajstić information content (AvgIpc) is 3.07. The molecule has 8 nitrogen and oxygen atoms in total. The number of aryl methyl sites for hydroxylation is 1. The molecule has 1 aromatic carbocycles. The Labute approximate surface area is 156 Å². The van der Waals surface area contributed by atoms with E-state index in [9.17, 15) is 9.59 Å². The van der Waals surface area contributed by atoms with Crippen LogP contribution in [0.3, 0.4) is 0 Å². The second kappa shape index (κ2) is 8.13. The van der Waals surface area contributed by atoms with Crippen LogP contribution in [-0.4, -0.2) is 59.3 Å². The van der Waals surface area contributed by atoms with Crippen molar-refractivity contribution in [2.24, 2.45) is 0 Å². The van der Waals surface area contributed by atoms with Crippen LogP contribution in [0.4, 0.5) is 15.6 Å². The zero-order valence-corrected chi connectivity index (χ0v) is 15.6. The molecule has 138 valence electrons. The van der Waals surface area contributed by atoms with Gasteiger partial charge < -0.3 is 15.1 Å². The molecule has 0 spiro atoms. The average molecular weight is 374 g/mol. The SMILES string of the molecule is Cc1nnc(NC(=O)[C@H](C)NC(=O)N2CCN(c3ccccc3)CC2)s1. The van der Waals surface area contributed by atoms with Crippen molar-refractivity contribution in [1.82, 2.24) is 20.4 Å². The summed E-state index contributed by atoms with van der Waals surface area (Å²) in [6.07, 6.45) is 0. The minimum Gasteiger partial charge on any atom is -0.368 e. The number of rotatable bonds is 4. The summed E-state index contributed by atoms with van der Waals surface area (Å²) in [5.74, 6) is -0.308. The lowest BCUT2D eigenvalue weighted by Crippen LogP contribution is -2.54. The van der Waals surface area contributed by atoms with Gasteiger partial charge in [0.25, 0.3) is 0 Å². The first-order valence-electron chi connectivity index (χ1n) is 8.49. The van der Waals surface area contributed by atoms with E-state index in [2.05, 4.69) is 37.9 Å². The third kappa shape index (κ3) is 4.48. The molecular weight excluding hydrogens is 352 g/mol. The Morgan fingerprint density at radius 1 is 1.12 bits per heavy atom. The van der Waals surface area contributed by atoms with E-state index in [1.165, 1.54) is 11.3 Å². The predicted octanol–water partition coefficient (Wildman–Crippen LogP) is 1.71. The van der Waals surface area contributed by atoms with E-state index >= 15 is 0 Å². The Morgan fingerprint density at radius 2 is 1.81 bits per heavy atom. The van der Waals surface area contributed by atoms with Gasteiger partial charge in [0, 0.05) is 31.9 Å². The van der Waals surface area contributed by atoms with Gasteiger partial charge in [0.2, 0.25) is 11.0 Å². The first-order chi connectivity index (χ1) is 12.5. The number of nitrogens with zero attached hydrogens (tertiary/aromatic N) is 4. The van der Waals surface area contributed by atoms with Gasteiger partial charge in [-0.3, -0.25) is 10.1 Å². The Balaban J connectivity index is 1.47. The van der Waals surface area contributed by atoms with Crippen molar-refractivity contribution in [3.63, 3.8) is 0 Å². The minimum atomic E-state index is -0.654. The smallest absolute Gasteiger partial charge is 0.318 e. The summed E-state index contributed by atoms with van der Waals surface area (Å²) in [4.78, 5) is 28.5. The number of urea groups is 1. The Bertz CT molecular complexity index is 758. The fraction of sp³-hybridized carbons (Fsp3) is 0.412. The number of nitrogens with one attached hydrogen (secondary N) is 2. The van der Waals surface area contributed by atoms with Crippen molar-refractivity contribution in [1.29, 1.82) is 0 Å². The van der Waals surface area contributed by atoms with Crippen molar-refractivity contribution in [3.8, 4) is 0 Å². The van der Waals surface area contributed by atoms with Crippen LogP contribution in [0.1, 0.15) is 11.9 Å². The van der Waals surface area contributed by atoms with Crippen molar-refractivity contribution in [2.45, 2.75) is 19.9 Å². The van der Waals surface area contributed by atoms with Gasteiger partial charge in [-0.15, -0.1) is 10.2 Å². The van der Waals surface area contributed by atoms with Gasteiger partial charge >= 0.3 is 6.03 Å². The molecule has 0 radical (unpaired) electrons. The van der Waals surface area contributed by atoms with Gasteiger partial charge in [-0.05, 0) is 26.0 Å². The predicted molar refractivity (Wildman–Crippen MR) is 101 cm³/mol. The van der Waals surface area contributed by atoms with Gasteiger partial charge in [-0.2, -0.15) is 0 Å². The number of benzene rings is 1. The Morgan fingerprint density at radius 3 is 2.42 bits per heavy atom. The quantitative estimate of drug-likeness (QED) is 0.850. The van der Waals surface area contributed by atoms with E-state index < -0.39 is 6.04 Å². The molecule has 1 aliphatic heterocycles. The zero-order chi connectivity index (χ0) is 18.5. The zero-order valence-electron chi connectivity index (χ0n) is 14.8. The number of carbonyl (C=O) groups is 2. The molecule has 3 amide bonds. The van der Waals surface area contributed by atoms with Crippen molar-refractivity contribution < 1.29 is 9.59 Å². The molecule has 0 unspecified atom stereocenters. The lowest BCUT2D eigenvalue weighted by atomic mass is 10.2. The molecule has 0 bridgehead atoms. The maximum absolute atomic E-state index is 12.4. The van der Waals surface area contributed by atoms with Gasteiger partial charge in [-0.25, -0.2) is 4.79 Å². The number of hydrogen-bond donors (Lipinski definition) is 2. The lowest BCUT2D eigenvalue weighted by Gasteiger charge is -2.36. The Kier molecular flexibility index (Phi) is 5.67. The van der Waals surface area contributed by atoms with Crippen molar-refractivity contribution in [3.05, 3.63) is 35.3 Å². The summed E-state index contributed by atoms with van der Waals surface area (Å²) in [5.41, 5.74) is 1.16. The van der Waals surface area contributed by atoms with Crippen LogP contribution >= 0.6 is 11.3 Å². The molecule has 1 aromatic heterocycles. The highest BCUT2D eigenvalue weighted by atomic mass is 32.1. The van der Waals surface area contributed by atoms with Crippen LogP contribution < -0.4 is 15.5 Å². The fourth-order valence-electron chi connectivity index (χ4n) is 2.71. The highest BCUT2D eigenvalue weighted by Crippen LogP contribution is 2.16. The van der Waals surface area contributed by atoms with E-state index in [1.807, 2.05) is 25.1 Å². The number of amides is 3. The summed E-state index contributed by atoms with van der Waals surface area (Å²) in [6.45, 7) is 6.23. The molecule has 1 atom stereocenters. The van der Waals surface area contributed by atoms with Crippen LogP contribution in [0.2, 0.25) is 0 Å². The second-order valence-electron chi connectivity index (χ2n) is 6.10. The summed E-state index contributed by atoms with van der Waals surface area (Å²) < 4.78 is 0. The number of piperazine rings is 1. The van der Waals surface area contributed by atoms with Gasteiger partial charge in [0.1, 0.15) is 11.0 Å². The van der Waals surface area contributed by atoms with Gasteiger partial charge in [0.05, 0.1) is 0 Å². The summed E-state index contributed by atoms with van der Waals surface area (Å²) >= 11 is 1.30. The van der Waals surface area contributed by atoms with Crippen molar-refractivity contribution in [2.75, 3.05) is 36.4 Å². The molecular formula is C17H22N6O2S. The molecule has 1 fully saturated rings. The first kappa shape index (κ1) is 18.1. The molecule has 2 heterocycles. The molecule has 2 aromatic rings. The Hall–Kier alpha value is -2.68. The number of para-hydroxylation sites is 1. The molecule has 0 aliphatic carbocycles. The van der Waals surface area contributed by atoms with Gasteiger partial charge in [0.15, 0.2) is 0 Å². The number of carbonyl (C=O) groups excluding carboxylic acids is 2. The monoisotopic (exact) mass is 374 g/mol. The standard InChI is InChI=1S/C17H22N6O2S/c1-12(15(24)19-16-21-20-13(2)26-16)18-17(25)23-10-8-22(9-11-23)14-6-4-3-5-7-14/h3-7,12H,8-11H2,1-2H3,(H,18,25)(H,19,21,24)/t12-/m0/s1. The fourth-order valence-corrected chi connectivity index (χ4v) is 3.30. The molecule has 2 N–H and O–H groups in total. The van der Waals surface area contributed by atoms with Crippen LogP contribution in [0.15, 0.2) is 30.3 Å². The molecule has 26 heavy (non-hydrogen) atoms. The normalized spacial score (nSPS) is 15.5. The van der Waals surface area contributed by atoms with Gasteiger partial charge in [-0.1, -0.05) is 29.5 Å². The van der Waals surface area contributed by atoms with E-state index in [0.29, 0.717) is 18.2 Å². The largest absolute Gasteiger partial charge is 0.368 e. The highest BCUT2D eigenvalue weighted by Gasteiger charge is 2.24. The van der Waals surface area contributed by atoms with E-state index in [1.54, 1.807) is 11.8 Å². The number of aromatic nitrogens is 2. The molecule has 1 saturated heterocycles.